The van der Waals surface area contributed by atoms with Gasteiger partial charge in [-0.1, -0.05) is 19.3 Å². The molecule has 5 heteroatoms. The minimum absolute atomic E-state index is 0.225. The molecule has 2 N–H and O–H groups in total. The Morgan fingerprint density at radius 2 is 2.16 bits per heavy atom. The van der Waals surface area contributed by atoms with Crippen molar-refractivity contribution < 1.29 is 9.90 Å². The maximum absolute atomic E-state index is 10.8. The first kappa shape index (κ1) is 14.2. The number of anilines is 1. The van der Waals surface area contributed by atoms with E-state index in [9.17, 15) is 4.79 Å². The minimum atomic E-state index is -0.938. The number of hydrogen-bond donors (Lipinski definition) is 2. The summed E-state index contributed by atoms with van der Waals surface area (Å²) in [6, 6.07) is 3.32. The zero-order valence-electron chi connectivity index (χ0n) is 11.2. The Hall–Kier alpha value is -1.23. The number of carboxylic acid groups (broad SMARTS) is 1. The number of carbonyl (C=O) groups is 1. The Bertz CT molecular complexity index is 428. The fourth-order valence-corrected chi connectivity index (χ4v) is 3.44. The van der Waals surface area contributed by atoms with Crippen molar-refractivity contribution in [3.8, 4) is 0 Å². The zero-order chi connectivity index (χ0) is 13.7. The van der Waals surface area contributed by atoms with E-state index in [4.69, 9.17) is 5.11 Å². The summed E-state index contributed by atoms with van der Waals surface area (Å²) in [4.78, 5) is 14.9. The monoisotopic (exact) mass is 280 g/mol. The molecule has 0 unspecified atom stereocenters. The molecule has 0 saturated heterocycles. The molecule has 4 nitrogen and oxygen atoms in total. The van der Waals surface area contributed by atoms with E-state index >= 15 is 0 Å². The van der Waals surface area contributed by atoms with Crippen molar-refractivity contribution in [2.24, 2.45) is 0 Å². The highest BCUT2D eigenvalue weighted by molar-refractivity contribution is 8.00. The number of hydrogen-bond acceptors (Lipinski definition) is 4. The lowest BCUT2D eigenvalue weighted by Crippen LogP contribution is -2.35. The van der Waals surface area contributed by atoms with Crippen LogP contribution in [0.4, 0.5) is 5.82 Å². The summed E-state index contributed by atoms with van der Waals surface area (Å²) in [5.41, 5.74) is 0.225. The summed E-state index contributed by atoms with van der Waals surface area (Å²) < 4.78 is 0.311. The molecule has 1 saturated carbocycles. The van der Waals surface area contributed by atoms with Gasteiger partial charge in [0.25, 0.3) is 0 Å². The van der Waals surface area contributed by atoms with Gasteiger partial charge >= 0.3 is 5.97 Å². The van der Waals surface area contributed by atoms with Crippen molar-refractivity contribution >= 4 is 23.5 Å². The third kappa shape index (κ3) is 3.62. The summed E-state index contributed by atoms with van der Waals surface area (Å²) in [6.45, 7) is 0.896. The number of pyridine rings is 1. The standard InChI is InChI=1S/C14H20N2O2S/c1-19-14(7-3-2-4-8-14)10-16-12-6-5-11(9-15-12)13(17)18/h5-6,9H,2-4,7-8,10H2,1H3,(H,15,16)(H,17,18). The molecule has 1 aromatic heterocycles. The molecule has 2 rings (SSSR count). The topological polar surface area (TPSA) is 62.2 Å². The number of aromatic nitrogens is 1. The number of thioether (sulfide) groups is 1. The summed E-state index contributed by atoms with van der Waals surface area (Å²) in [5, 5.41) is 12.2. The molecule has 1 heterocycles. The van der Waals surface area contributed by atoms with E-state index in [-0.39, 0.29) is 5.56 Å². The maximum atomic E-state index is 10.8. The van der Waals surface area contributed by atoms with Gasteiger partial charge in [0.15, 0.2) is 0 Å². The second kappa shape index (κ2) is 6.28. The summed E-state index contributed by atoms with van der Waals surface area (Å²) in [6.07, 6.45) is 10.0. The molecule has 19 heavy (non-hydrogen) atoms. The van der Waals surface area contributed by atoms with Crippen molar-refractivity contribution in [3.63, 3.8) is 0 Å². The van der Waals surface area contributed by atoms with E-state index in [2.05, 4.69) is 16.6 Å². The van der Waals surface area contributed by atoms with Gasteiger partial charge in [-0.3, -0.25) is 0 Å². The highest BCUT2D eigenvalue weighted by Gasteiger charge is 2.30. The average molecular weight is 280 g/mol. The molecule has 1 aliphatic rings. The van der Waals surface area contributed by atoms with Crippen LogP contribution < -0.4 is 5.32 Å². The Morgan fingerprint density at radius 1 is 1.42 bits per heavy atom. The van der Waals surface area contributed by atoms with Crippen LogP contribution in [-0.2, 0) is 0 Å². The third-order valence-corrected chi connectivity index (χ3v) is 5.22. The summed E-state index contributed by atoms with van der Waals surface area (Å²) in [7, 11) is 0. The van der Waals surface area contributed by atoms with Gasteiger partial charge in [-0.15, -0.1) is 0 Å². The van der Waals surface area contributed by atoms with Crippen molar-refractivity contribution in [1.29, 1.82) is 0 Å². The molecule has 1 aliphatic carbocycles. The minimum Gasteiger partial charge on any atom is -0.478 e. The van der Waals surface area contributed by atoms with Gasteiger partial charge in [-0.2, -0.15) is 11.8 Å². The Morgan fingerprint density at radius 3 is 2.68 bits per heavy atom. The number of nitrogens with one attached hydrogen (secondary N) is 1. The van der Waals surface area contributed by atoms with Crippen LogP contribution in [0.2, 0.25) is 0 Å². The van der Waals surface area contributed by atoms with Crippen LogP contribution in [0.25, 0.3) is 0 Å². The fraction of sp³-hybridized carbons (Fsp3) is 0.571. The van der Waals surface area contributed by atoms with E-state index in [0.29, 0.717) is 4.75 Å². The van der Waals surface area contributed by atoms with Crippen LogP contribution >= 0.6 is 11.8 Å². The van der Waals surface area contributed by atoms with Crippen LogP contribution in [0.1, 0.15) is 42.5 Å². The maximum Gasteiger partial charge on any atom is 0.337 e. The lowest BCUT2D eigenvalue weighted by Gasteiger charge is -2.36. The van der Waals surface area contributed by atoms with Crippen LogP contribution in [-0.4, -0.2) is 33.6 Å². The molecular formula is C14H20N2O2S. The van der Waals surface area contributed by atoms with Gasteiger partial charge in [0.05, 0.1) is 5.56 Å². The second-order valence-electron chi connectivity index (χ2n) is 5.04. The molecule has 0 amide bonds. The molecule has 1 fully saturated rings. The molecular weight excluding hydrogens is 260 g/mol. The van der Waals surface area contributed by atoms with Gasteiger partial charge in [-0.25, -0.2) is 9.78 Å². The predicted molar refractivity (Wildman–Crippen MR) is 79.0 cm³/mol. The molecule has 1 aromatic rings. The van der Waals surface area contributed by atoms with Crippen LogP contribution in [0, 0.1) is 0 Å². The molecule has 0 atom stereocenters. The Labute approximate surface area is 118 Å². The van der Waals surface area contributed by atoms with E-state index in [1.54, 1.807) is 12.1 Å². The number of nitrogens with zero attached hydrogens (tertiary/aromatic N) is 1. The number of rotatable bonds is 5. The molecule has 0 spiro atoms. The van der Waals surface area contributed by atoms with E-state index < -0.39 is 5.97 Å². The van der Waals surface area contributed by atoms with Gasteiger partial charge in [0.2, 0.25) is 0 Å². The molecule has 0 radical (unpaired) electrons. The van der Waals surface area contributed by atoms with E-state index in [0.717, 1.165) is 12.4 Å². The van der Waals surface area contributed by atoms with Gasteiger partial charge in [-0.05, 0) is 31.2 Å². The lowest BCUT2D eigenvalue weighted by molar-refractivity contribution is 0.0696. The molecule has 0 aromatic carbocycles. The molecule has 0 aliphatic heterocycles. The normalized spacial score (nSPS) is 17.9. The van der Waals surface area contributed by atoms with Gasteiger partial charge in [0.1, 0.15) is 5.82 Å². The SMILES string of the molecule is CSC1(CNc2ccc(C(=O)O)cn2)CCCCC1. The first-order valence-corrected chi connectivity index (χ1v) is 7.86. The largest absolute Gasteiger partial charge is 0.478 e. The quantitative estimate of drug-likeness (QED) is 0.867. The van der Waals surface area contributed by atoms with Crippen LogP contribution in [0.15, 0.2) is 18.3 Å². The Kier molecular flexibility index (Phi) is 4.69. The van der Waals surface area contributed by atoms with E-state index in [1.165, 1.54) is 38.3 Å². The van der Waals surface area contributed by atoms with Crippen molar-refractivity contribution in [2.45, 2.75) is 36.9 Å². The zero-order valence-corrected chi connectivity index (χ0v) is 12.0. The van der Waals surface area contributed by atoms with Gasteiger partial charge < -0.3 is 10.4 Å². The predicted octanol–water partition coefficient (Wildman–Crippen LogP) is 3.26. The average Bonchev–Trinajstić information content (AvgIpc) is 2.46. The van der Waals surface area contributed by atoms with Crippen molar-refractivity contribution in [2.75, 3.05) is 18.1 Å². The Balaban J connectivity index is 1.95. The highest BCUT2D eigenvalue weighted by Crippen LogP contribution is 2.38. The summed E-state index contributed by atoms with van der Waals surface area (Å²) >= 11 is 1.94. The summed E-state index contributed by atoms with van der Waals surface area (Å²) in [5.74, 6) is -0.184. The fourth-order valence-electron chi connectivity index (χ4n) is 2.53. The molecule has 0 bridgehead atoms. The number of carboxylic acids is 1. The third-order valence-electron chi connectivity index (χ3n) is 3.80. The van der Waals surface area contributed by atoms with Crippen LogP contribution in [0.3, 0.4) is 0 Å². The lowest BCUT2D eigenvalue weighted by atomic mass is 9.88. The smallest absolute Gasteiger partial charge is 0.337 e. The first-order valence-electron chi connectivity index (χ1n) is 6.64. The van der Waals surface area contributed by atoms with E-state index in [1.807, 2.05) is 11.8 Å². The molecule has 104 valence electrons. The van der Waals surface area contributed by atoms with Gasteiger partial charge in [0, 0.05) is 17.5 Å². The van der Waals surface area contributed by atoms with Crippen LogP contribution in [0.5, 0.6) is 0 Å². The van der Waals surface area contributed by atoms with Crippen molar-refractivity contribution in [1.82, 2.24) is 4.98 Å². The highest BCUT2D eigenvalue weighted by atomic mass is 32.2. The first-order chi connectivity index (χ1) is 9.15. The second-order valence-corrected chi connectivity index (χ2v) is 6.31. The number of aromatic carboxylic acids is 1. The van der Waals surface area contributed by atoms with Crippen molar-refractivity contribution in [3.05, 3.63) is 23.9 Å².